The van der Waals surface area contributed by atoms with E-state index in [1.807, 2.05) is 44.1 Å². The Bertz CT molecular complexity index is 1070. The lowest BCUT2D eigenvalue weighted by Gasteiger charge is -2.26. The van der Waals surface area contributed by atoms with Gasteiger partial charge in [-0.3, -0.25) is 9.59 Å². The monoisotopic (exact) mass is 436 g/mol. The van der Waals surface area contributed by atoms with Crippen LogP contribution in [-0.4, -0.2) is 67.0 Å². The summed E-state index contributed by atoms with van der Waals surface area (Å²) in [6.07, 6.45) is 0.800. The number of rotatable bonds is 6. The number of methoxy groups -OCH3 is 1. The summed E-state index contributed by atoms with van der Waals surface area (Å²) < 4.78 is 11.0. The molecule has 0 radical (unpaired) electrons. The van der Waals surface area contributed by atoms with Crippen LogP contribution in [0.15, 0.2) is 48.0 Å². The van der Waals surface area contributed by atoms with Crippen molar-refractivity contribution >= 4 is 17.4 Å². The lowest BCUT2D eigenvalue weighted by molar-refractivity contribution is -0.140. The maximum atomic E-state index is 13.1. The molecular weight excluding hydrogens is 408 g/mol. The largest absolute Gasteiger partial charge is 0.507 e. The molecule has 2 atom stereocenters. The summed E-state index contributed by atoms with van der Waals surface area (Å²) in [5.74, 6) is 0.0114. The minimum Gasteiger partial charge on any atom is -0.507 e. The van der Waals surface area contributed by atoms with E-state index in [4.69, 9.17) is 9.47 Å². The van der Waals surface area contributed by atoms with E-state index in [0.29, 0.717) is 24.4 Å². The first-order valence-electron chi connectivity index (χ1n) is 10.7. The van der Waals surface area contributed by atoms with E-state index < -0.39 is 17.7 Å². The molecule has 0 aliphatic carbocycles. The molecule has 1 saturated heterocycles. The molecule has 1 amide bonds. The van der Waals surface area contributed by atoms with Gasteiger partial charge in [0.05, 0.1) is 18.7 Å². The molecule has 0 spiro atoms. The van der Waals surface area contributed by atoms with E-state index in [9.17, 15) is 14.7 Å². The highest BCUT2D eigenvalue weighted by Crippen LogP contribution is 2.40. The molecule has 1 N–H and O–H groups in total. The number of ether oxygens (including phenoxy) is 2. The number of hydrogen-bond donors (Lipinski definition) is 1. The molecule has 2 aromatic carbocycles. The Morgan fingerprint density at radius 3 is 2.56 bits per heavy atom. The molecule has 0 unspecified atom stereocenters. The van der Waals surface area contributed by atoms with Gasteiger partial charge in [0.2, 0.25) is 0 Å². The van der Waals surface area contributed by atoms with Crippen molar-refractivity contribution in [1.82, 2.24) is 9.80 Å². The van der Waals surface area contributed by atoms with Gasteiger partial charge < -0.3 is 24.4 Å². The van der Waals surface area contributed by atoms with Crippen LogP contribution in [0.2, 0.25) is 0 Å². The third-order valence-corrected chi connectivity index (χ3v) is 5.93. The van der Waals surface area contributed by atoms with Crippen LogP contribution in [0.3, 0.4) is 0 Å². The van der Waals surface area contributed by atoms with Gasteiger partial charge in [-0.25, -0.2) is 0 Å². The van der Waals surface area contributed by atoms with Crippen LogP contribution < -0.4 is 9.47 Å². The van der Waals surface area contributed by atoms with Crippen LogP contribution in [0.1, 0.15) is 29.7 Å². The molecule has 4 rings (SSSR count). The Hall–Kier alpha value is -3.32. The minimum absolute atomic E-state index is 0.0679. The number of carbonyl (C=O) groups is 2. The molecule has 2 heterocycles. The number of fused-ring (bicyclic) bond motifs is 1. The topological polar surface area (TPSA) is 79.3 Å². The van der Waals surface area contributed by atoms with Crippen molar-refractivity contribution in [2.75, 3.05) is 34.3 Å². The van der Waals surface area contributed by atoms with Crippen LogP contribution in [0.4, 0.5) is 0 Å². The Morgan fingerprint density at radius 1 is 1.19 bits per heavy atom. The van der Waals surface area contributed by atoms with Crippen molar-refractivity contribution in [2.45, 2.75) is 25.5 Å². The molecular formula is C25H28N2O5. The normalized spacial score (nSPS) is 21.7. The van der Waals surface area contributed by atoms with E-state index in [1.54, 1.807) is 31.4 Å². The van der Waals surface area contributed by atoms with E-state index in [-0.39, 0.29) is 17.4 Å². The number of aliphatic hydroxyl groups excluding tert-OH is 1. The predicted molar refractivity (Wildman–Crippen MR) is 121 cm³/mol. The lowest BCUT2D eigenvalue weighted by Crippen LogP contribution is -2.35. The third-order valence-electron chi connectivity index (χ3n) is 5.93. The second-order valence-corrected chi connectivity index (χ2v) is 8.52. The Balaban J connectivity index is 1.80. The SMILES string of the molecule is COc1ccc([C@H]2C(=C(O)c3ccc4c(c3)C[C@@H](C)O4)C(=O)C(=O)N2CCN(C)C)cc1. The minimum atomic E-state index is -0.677. The van der Waals surface area contributed by atoms with Gasteiger partial charge >= 0.3 is 0 Å². The van der Waals surface area contributed by atoms with Gasteiger partial charge in [-0.15, -0.1) is 0 Å². The Labute approximate surface area is 187 Å². The number of ketones is 1. The number of amides is 1. The van der Waals surface area contributed by atoms with Crippen molar-refractivity contribution in [3.05, 3.63) is 64.7 Å². The summed E-state index contributed by atoms with van der Waals surface area (Å²) in [7, 11) is 5.40. The second kappa shape index (κ2) is 8.67. The van der Waals surface area contributed by atoms with Gasteiger partial charge in [0, 0.05) is 25.1 Å². The van der Waals surface area contributed by atoms with Gasteiger partial charge in [-0.2, -0.15) is 0 Å². The smallest absolute Gasteiger partial charge is 0.295 e. The first kappa shape index (κ1) is 21.9. The van der Waals surface area contributed by atoms with Crippen LogP contribution in [0.5, 0.6) is 11.5 Å². The van der Waals surface area contributed by atoms with Gasteiger partial charge in [0.25, 0.3) is 11.7 Å². The number of Topliss-reactive ketones (excluding diaryl/α,β-unsaturated/α-hetero) is 1. The number of hydrogen-bond acceptors (Lipinski definition) is 6. The number of likely N-dealkylation sites (tertiary alicyclic amines) is 1. The quantitative estimate of drug-likeness (QED) is 0.426. The van der Waals surface area contributed by atoms with Crippen LogP contribution in [0, 0.1) is 0 Å². The van der Waals surface area contributed by atoms with Crippen molar-refractivity contribution in [1.29, 1.82) is 0 Å². The number of nitrogens with zero attached hydrogens (tertiary/aromatic N) is 2. The maximum Gasteiger partial charge on any atom is 0.295 e. The molecule has 2 aliphatic rings. The lowest BCUT2D eigenvalue weighted by atomic mass is 9.94. The molecule has 168 valence electrons. The van der Waals surface area contributed by atoms with Gasteiger partial charge in [-0.05, 0) is 62.5 Å². The fourth-order valence-corrected chi connectivity index (χ4v) is 4.28. The van der Waals surface area contributed by atoms with Crippen LogP contribution in [0.25, 0.3) is 5.76 Å². The van der Waals surface area contributed by atoms with E-state index in [1.165, 1.54) is 4.90 Å². The highest BCUT2D eigenvalue weighted by atomic mass is 16.5. The summed E-state index contributed by atoms with van der Waals surface area (Å²) in [6, 6.07) is 11.9. The Kier molecular flexibility index (Phi) is 5.93. The predicted octanol–water partition coefficient (Wildman–Crippen LogP) is 3.00. The first-order chi connectivity index (χ1) is 15.3. The standard InChI is InChI=1S/C25H28N2O5/c1-15-13-18-14-17(7-10-20(18)32-15)23(28)21-22(16-5-8-19(31-4)9-6-16)27(12-11-26(2)3)25(30)24(21)29/h5-10,14-15,22,28H,11-13H2,1-4H3/t15-,22+/m1/s1. The molecule has 0 saturated carbocycles. The van der Waals surface area contributed by atoms with E-state index in [2.05, 4.69) is 0 Å². The zero-order valence-electron chi connectivity index (χ0n) is 18.8. The summed E-state index contributed by atoms with van der Waals surface area (Å²) in [5.41, 5.74) is 2.32. The number of aliphatic hydroxyl groups is 1. The van der Waals surface area contributed by atoms with E-state index >= 15 is 0 Å². The molecule has 7 heteroatoms. The first-order valence-corrected chi connectivity index (χ1v) is 10.7. The second-order valence-electron chi connectivity index (χ2n) is 8.52. The molecule has 0 bridgehead atoms. The maximum absolute atomic E-state index is 13.1. The van der Waals surface area contributed by atoms with Gasteiger partial charge in [-0.1, -0.05) is 12.1 Å². The summed E-state index contributed by atoms with van der Waals surface area (Å²) in [6.45, 7) is 2.94. The fraction of sp³-hybridized carbons (Fsp3) is 0.360. The molecule has 2 aliphatic heterocycles. The van der Waals surface area contributed by atoms with Crippen LogP contribution in [-0.2, 0) is 16.0 Å². The molecule has 7 nitrogen and oxygen atoms in total. The van der Waals surface area contributed by atoms with Gasteiger partial charge in [0.15, 0.2) is 0 Å². The highest BCUT2D eigenvalue weighted by molar-refractivity contribution is 6.46. The average molecular weight is 437 g/mol. The Morgan fingerprint density at radius 2 is 1.91 bits per heavy atom. The zero-order valence-corrected chi connectivity index (χ0v) is 18.8. The molecule has 2 aromatic rings. The van der Waals surface area contributed by atoms with Crippen molar-refractivity contribution < 1.29 is 24.2 Å². The zero-order chi connectivity index (χ0) is 23.0. The van der Waals surface area contributed by atoms with Crippen LogP contribution >= 0.6 is 0 Å². The highest BCUT2D eigenvalue weighted by Gasteiger charge is 2.46. The third kappa shape index (κ3) is 3.96. The van der Waals surface area contributed by atoms with Crippen molar-refractivity contribution in [3.8, 4) is 11.5 Å². The summed E-state index contributed by atoms with van der Waals surface area (Å²) >= 11 is 0. The van der Waals surface area contributed by atoms with Crippen molar-refractivity contribution in [3.63, 3.8) is 0 Å². The van der Waals surface area contributed by atoms with Crippen molar-refractivity contribution in [2.24, 2.45) is 0 Å². The number of benzene rings is 2. The number of likely N-dealkylation sites (N-methyl/N-ethyl adjacent to an activating group) is 1. The van der Waals surface area contributed by atoms with E-state index in [0.717, 1.165) is 23.3 Å². The van der Waals surface area contributed by atoms with Gasteiger partial charge in [0.1, 0.15) is 23.4 Å². The molecule has 0 aromatic heterocycles. The average Bonchev–Trinajstić information content (AvgIpc) is 3.27. The molecule has 1 fully saturated rings. The number of carbonyl (C=O) groups excluding carboxylic acids is 2. The summed E-state index contributed by atoms with van der Waals surface area (Å²) in [4.78, 5) is 29.6. The summed E-state index contributed by atoms with van der Waals surface area (Å²) in [5, 5.41) is 11.2. The fourth-order valence-electron chi connectivity index (χ4n) is 4.28. The molecule has 32 heavy (non-hydrogen) atoms.